The summed E-state index contributed by atoms with van der Waals surface area (Å²) >= 11 is 0. The summed E-state index contributed by atoms with van der Waals surface area (Å²) in [7, 11) is 5.32. The smallest absolute Gasteiger partial charge is 0.165 e. The van der Waals surface area contributed by atoms with Crippen molar-refractivity contribution in [1.82, 2.24) is 4.90 Å². The molecular formula is C19H21NO4. The summed E-state index contributed by atoms with van der Waals surface area (Å²) in [5.41, 5.74) is 4.96. The first kappa shape index (κ1) is 15.1. The summed E-state index contributed by atoms with van der Waals surface area (Å²) in [6.45, 7) is 0.934. The lowest BCUT2D eigenvalue weighted by molar-refractivity contribution is 0.226. The topological polar surface area (TPSA) is 62.2 Å². The third kappa shape index (κ3) is 1.97. The zero-order valence-corrected chi connectivity index (χ0v) is 14.1. The average Bonchev–Trinajstić information content (AvgIpc) is 2.59. The van der Waals surface area contributed by atoms with Gasteiger partial charge in [-0.1, -0.05) is 0 Å². The minimum Gasteiger partial charge on any atom is -0.504 e. The molecule has 0 radical (unpaired) electrons. The second-order valence-corrected chi connectivity index (χ2v) is 6.51. The van der Waals surface area contributed by atoms with Gasteiger partial charge in [-0.15, -0.1) is 0 Å². The number of nitrogens with zero attached hydrogens (tertiary/aromatic N) is 1. The third-order valence-corrected chi connectivity index (χ3v) is 5.30. The lowest BCUT2D eigenvalue weighted by Crippen LogP contribution is -2.35. The van der Waals surface area contributed by atoms with Gasteiger partial charge in [0.25, 0.3) is 0 Å². The molecule has 0 aromatic heterocycles. The van der Waals surface area contributed by atoms with E-state index in [4.69, 9.17) is 9.47 Å². The monoisotopic (exact) mass is 327 g/mol. The molecule has 1 aliphatic carbocycles. The van der Waals surface area contributed by atoms with Crippen molar-refractivity contribution in [3.8, 4) is 34.1 Å². The van der Waals surface area contributed by atoms with Gasteiger partial charge in [-0.3, -0.25) is 4.90 Å². The number of fused-ring (bicyclic) bond motifs is 2. The molecule has 0 saturated carbocycles. The SMILES string of the molecule is COc1cc2c(cc1OC)-c1c(O)c(O)cc3c1C(C2)N(C)CC3. The van der Waals surface area contributed by atoms with Crippen molar-refractivity contribution in [1.29, 1.82) is 0 Å². The Morgan fingerprint density at radius 1 is 1.04 bits per heavy atom. The van der Waals surface area contributed by atoms with Crippen LogP contribution in [0.5, 0.6) is 23.0 Å². The number of hydrogen-bond donors (Lipinski definition) is 2. The van der Waals surface area contributed by atoms with Crippen LogP contribution >= 0.6 is 0 Å². The second kappa shape index (κ2) is 5.31. The Kier molecular flexibility index (Phi) is 3.35. The van der Waals surface area contributed by atoms with Gasteiger partial charge in [0.2, 0.25) is 0 Å². The van der Waals surface area contributed by atoms with Gasteiger partial charge in [0.15, 0.2) is 23.0 Å². The Bertz CT molecular complexity index is 831. The minimum atomic E-state index is -0.0605. The lowest BCUT2D eigenvalue weighted by Gasteiger charge is -2.40. The molecule has 1 atom stereocenters. The number of rotatable bonds is 2. The van der Waals surface area contributed by atoms with Crippen LogP contribution in [0.4, 0.5) is 0 Å². The largest absolute Gasteiger partial charge is 0.504 e. The predicted octanol–water partition coefficient (Wildman–Crippen LogP) is 2.87. The van der Waals surface area contributed by atoms with E-state index in [1.807, 2.05) is 12.1 Å². The van der Waals surface area contributed by atoms with Crippen LogP contribution in [0.25, 0.3) is 11.1 Å². The number of hydrogen-bond acceptors (Lipinski definition) is 5. The van der Waals surface area contributed by atoms with E-state index in [1.165, 1.54) is 0 Å². The van der Waals surface area contributed by atoms with Gasteiger partial charge in [0, 0.05) is 18.2 Å². The number of methoxy groups -OCH3 is 2. The third-order valence-electron chi connectivity index (χ3n) is 5.30. The van der Waals surface area contributed by atoms with E-state index < -0.39 is 0 Å². The van der Waals surface area contributed by atoms with Gasteiger partial charge in [-0.05, 0) is 60.3 Å². The molecule has 0 spiro atoms. The molecule has 1 aliphatic heterocycles. The van der Waals surface area contributed by atoms with Gasteiger partial charge in [-0.25, -0.2) is 0 Å². The highest BCUT2D eigenvalue weighted by Crippen LogP contribution is 2.53. The lowest BCUT2D eigenvalue weighted by atomic mass is 9.76. The van der Waals surface area contributed by atoms with Crippen LogP contribution in [0.1, 0.15) is 22.7 Å². The van der Waals surface area contributed by atoms with E-state index in [-0.39, 0.29) is 17.5 Å². The summed E-state index contributed by atoms with van der Waals surface area (Å²) in [4.78, 5) is 2.31. The Balaban J connectivity index is 2.05. The number of ether oxygens (including phenoxy) is 2. The quantitative estimate of drug-likeness (QED) is 0.831. The molecule has 1 heterocycles. The second-order valence-electron chi connectivity index (χ2n) is 6.51. The summed E-state index contributed by atoms with van der Waals surface area (Å²) in [6.07, 6.45) is 1.71. The van der Waals surface area contributed by atoms with E-state index in [2.05, 4.69) is 11.9 Å². The first-order chi connectivity index (χ1) is 11.5. The van der Waals surface area contributed by atoms with E-state index in [0.29, 0.717) is 11.5 Å². The molecule has 0 saturated heterocycles. The standard InChI is InChI=1S/C19H21NO4/c1-20-5-4-10-7-14(21)19(22)18-12-9-16(24-3)15(23-2)8-11(12)6-13(20)17(10)18/h7-9,13,21-22H,4-6H2,1-3H3. The summed E-state index contributed by atoms with van der Waals surface area (Å²) in [5, 5.41) is 20.8. The number of phenols is 2. The molecule has 2 aromatic carbocycles. The number of likely N-dealkylation sites (N-methyl/N-ethyl adjacent to an activating group) is 1. The van der Waals surface area contributed by atoms with Crippen LogP contribution in [0.3, 0.4) is 0 Å². The first-order valence-corrected chi connectivity index (χ1v) is 8.08. The zero-order valence-electron chi connectivity index (χ0n) is 14.1. The summed E-state index contributed by atoms with van der Waals surface area (Å²) < 4.78 is 10.9. The van der Waals surface area contributed by atoms with Crippen molar-refractivity contribution < 1.29 is 19.7 Å². The maximum atomic E-state index is 10.6. The molecule has 5 nitrogen and oxygen atoms in total. The molecule has 0 fully saturated rings. The maximum Gasteiger partial charge on any atom is 0.165 e. The number of phenolic OH excluding ortho intramolecular Hbond substituents is 2. The van der Waals surface area contributed by atoms with Gasteiger partial charge >= 0.3 is 0 Å². The fraction of sp³-hybridized carbons (Fsp3) is 0.368. The average molecular weight is 327 g/mol. The predicted molar refractivity (Wildman–Crippen MR) is 91.1 cm³/mol. The van der Waals surface area contributed by atoms with E-state index in [0.717, 1.165) is 47.2 Å². The molecule has 2 N–H and O–H groups in total. The highest BCUT2D eigenvalue weighted by atomic mass is 16.5. The fourth-order valence-electron chi connectivity index (χ4n) is 4.05. The normalized spacial score (nSPS) is 18.7. The van der Waals surface area contributed by atoms with Crippen LogP contribution < -0.4 is 9.47 Å². The molecule has 24 heavy (non-hydrogen) atoms. The van der Waals surface area contributed by atoms with Crippen molar-refractivity contribution in [2.45, 2.75) is 18.9 Å². The van der Waals surface area contributed by atoms with E-state index >= 15 is 0 Å². The van der Waals surface area contributed by atoms with Gasteiger partial charge in [0.1, 0.15) is 0 Å². The van der Waals surface area contributed by atoms with E-state index in [9.17, 15) is 10.2 Å². The van der Waals surface area contributed by atoms with Crippen LogP contribution in [-0.2, 0) is 12.8 Å². The molecule has 2 aromatic rings. The van der Waals surface area contributed by atoms with Crippen molar-refractivity contribution in [2.75, 3.05) is 27.8 Å². The van der Waals surface area contributed by atoms with Crippen molar-refractivity contribution >= 4 is 0 Å². The molecule has 1 unspecified atom stereocenters. The number of aromatic hydroxyl groups is 2. The molecule has 2 aliphatic rings. The Labute approximate surface area is 141 Å². The molecule has 5 heteroatoms. The zero-order chi connectivity index (χ0) is 17.0. The van der Waals surface area contributed by atoms with E-state index in [1.54, 1.807) is 20.3 Å². The minimum absolute atomic E-state index is 0.0535. The number of benzene rings is 2. The van der Waals surface area contributed by atoms with Gasteiger partial charge < -0.3 is 19.7 Å². The van der Waals surface area contributed by atoms with Crippen LogP contribution in [0, 0.1) is 0 Å². The highest BCUT2D eigenvalue weighted by Gasteiger charge is 2.36. The van der Waals surface area contributed by atoms with Crippen molar-refractivity contribution in [3.63, 3.8) is 0 Å². The molecule has 4 rings (SSSR count). The van der Waals surface area contributed by atoms with Crippen molar-refractivity contribution in [3.05, 3.63) is 34.9 Å². The van der Waals surface area contributed by atoms with Gasteiger partial charge in [-0.2, -0.15) is 0 Å². The Hall–Kier alpha value is -2.40. The summed E-state index contributed by atoms with van der Waals surface area (Å²) in [6, 6.07) is 5.77. The fourth-order valence-corrected chi connectivity index (χ4v) is 4.05. The van der Waals surface area contributed by atoms with Gasteiger partial charge in [0.05, 0.1) is 14.2 Å². The summed E-state index contributed by atoms with van der Waals surface area (Å²) in [5.74, 6) is 1.19. The molecule has 0 amide bonds. The van der Waals surface area contributed by atoms with Crippen molar-refractivity contribution in [2.24, 2.45) is 0 Å². The van der Waals surface area contributed by atoms with Crippen LogP contribution in [0.2, 0.25) is 0 Å². The maximum absolute atomic E-state index is 10.6. The molecular weight excluding hydrogens is 306 g/mol. The Morgan fingerprint density at radius 3 is 2.46 bits per heavy atom. The first-order valence-electron chi connectivity index (χ1n) is 8.08. The molecule has 0 bridgehead atoms. The Morgan fingerprint density at radius 2 is 1.75 bits per heavy atom. The van der Waals surface area contributed by atoms with Crippen LogP contribution in [0.15, 0.2) is 18.2 Å². The highest BCUT2D eigenvalue weighted by molar-refractivity contribution is 5.84. The van der Waals surface area contributed by atoms with Crippen LogP contribution in [-0.4, -0.2) is 42.9 Å². The molecule has 126 valence electrons.